The van der Waals surface area contributed by atoms with Crippen LogP contribution >= 0.6 is 0 Å². The van der Waals surface area contributed by atoms with Gasteiger partial charge in [-0.15, -0.1) is 0 Å². The van der Waals surface area contributed by atoms with Crippen LogP contribution in [0.25, 0.3) is 11.0 Å². The maximum absolute atomic E-state index is 14.1. The number of hydrogen-bond donors (Lipinski definition) is 3. The normalized spacial score (nSPS) is 12.2. The number of benzene rings is 2. The van der Waals surface area contributed by atoms with Crippen molar-refractivity contribution >= 4 is 34.6 Å². The minimum atomic E-state index is -4.83. The van der Waals surface area contributed by atoms with Crippen LogP contribution in [-0.4, -0.2) is 41.9 Å². The van der Waals surface area contributed by atoms with E-state index in [1.807, 2.05) is 6.92 Å². The second-order valence-corrected chi connectivity index (χ2v) is 8.19. The molecule has 192 valence electrons. The lowest BCUT2D eigenvalue weighted by molar-refractivity contribution is -0.138. The molecular formula is C26H23F3N4O4. The van der Waals surface area contributed by atoms with E-state index in [9.17, 15) is 22.8 Å². The first-order valence-electron chi connectivity index (χ1n) is 11.2. The van der Waals surface area contributed by atoms with Crippen LogP contribution < -0.4 is 15.4 Å². The highest BCUT2D eigenvalue weighted by Gasteiger charge is 2.37. The molecule has 2 heterocycles. The molecule has 0 saturated carbocycles. The van der Waals surface area contributed by atoms with E-state index in [0.717, 1.165) is 12.1 Å². The summed E-state index contributed by atoms with van der Waals surface area (Å²) in [5.41, 5.74) is -0.919. The van der Waals surface area contributed by atoms with Gasteiger partial charge in [0.05, 0.1) is 40.7 Å². The van der Waals surface area contributed by atoms with Gasteiger partial charge in [-0.05, 0) is 37.3 Å². The summed E-state index contributed by atoms with van der Waals surface area (Å²) < 4.78 is 52.9. The molecule has 8 nitrogen and oxygen atoms in total. The third kappa shape index (κ3) is 5.56. The van der Waals surface area contributed by atoms with Crippen LogP contribution in [-0.2, 0) is 15.7 Å². The second-order valence-electron chi connectivity index (χ2n) is 8.19. The lowest BCUT2D eigenvalue weighted by Gasteiger charge is -2.19. The van der Waals surface area contributed by atoms with Crippen molar-refractivity contribution in [2.75, 3.05) is 24.4 Å². The van der Waals surface area contributed by atoms with Crippen LogP contribution in [0.15, 0.2) is 60.9 Å². The SMILES string of the molecule is COCC(C)Nc1c(NC=O)cnc2[nH]cc(C(=O)c3ccc(Oc4ccccc4)cc3C(F)(F)F)c12. The molecule has 1 amide bonds. The van der Waals surface area contributed by atoms with Crippen molar-refractivity contribution in [3.8, 4) is 11.5 Å². The summed E-state index contributed by atoms with van der Waals surface area (Å²) in [6, 6.07) is 11.3. The molecule has 0 bridgehead atoms. The summed E-state index contributed by atoms with van der Waals surface area (Å²) in [6.45, 7) is 2.10. The number of alkyl halides is 3. The Kier molecular flexibility index (Phi) is 7.44. The van der Waals surface area contributed by atoms with Crippen LogP contribution in [0, 0.1) is 0 Å². The number of halogens is 3. The zero-order valence-electron chi connectivity index (χ0n) is 19.8. The first-order valence-corrected chi connectivity index (χ1v) is 11.2. The summed E-state index contributed by atoms with van der Waals surface area (Å²) in [6.07, 6.45) is -1.72. The first-order chi connectivity index (χ1) is 17.7. The van der Waals surface area contributed by atoms with Crippen molar-refractivity contribution in [1.82, 2.24) is 9.97 Å². The van der Waals surface area contributed by atoms with Crippen LogP contribution in [0.2, 0.25) is 0 Å². The fraction of sp³-hybridized carbons (Fsp3) is 0.192. The second kappa shape index (κ2) is 10.7. The number of hydrogen-bond acceptors (Lipinski definition) is 6. The van der Waals surface area contributed by atoms with Gasteiger partial charge in [-0.25, -0.2) is 4.98 Å². The van der Waals surface area contributed by atoms with Gasteiger partial charge in [0.1, 0.15) is 17.1 Å². The Labute approximate surface area is 209 Å². The number of amides is 1. The molecule has 11 heteroatoms. The number of pyridine rings is 1. The van der Waals surface area contributed by atoms with Crippen molar-refractivity contribution < 1.29 is 32.2 Å². The van der Waals surface area contributed by atoms with E-state index in [2.05, 4.69) is 20.6 Å². The van der Waals surface area contributed by atoms with Crippen molar-refractivity contribution in [2.24, 2.45) is 0 Å². The van der Waals surface area contributed by atoms with Gasteiger partial charge in [0.15, 0.2) is 5.78 Å². The summed E-state index contributed by atoms with van der Waals surface area (Å²) in [4.78, 5) is 31.8. The molecule has 0 spiro atoms. The monoisotopic (exact) mass is 512 g/mol. The van der Waals surface area contributed by atoms with E-state index in [0.29, 0.717) is 24.5 Å². The van der Waals surface area contributed by atoms with Gasteiger partial charge in [0.2, 0.25) is 6.41 Å². The van der Waals surface area contributed by atoms with E-state index in [4.69, 9.17) is 9.47 Å². The molecule has 0 aliphatic carbocycles. The molecule has 4 aromatic rings. The number of anilines is 2. The predicted octanol–water partition coefficient (Wildman–Crippen LogP) is 5.62. The van der Waals surface area contributed by atoms with E-state index >= 15 is 0 Å². The number of ketones is 1. The van der Waals surface area contributed by atoms with Crippen molar-refractivity contribution in [3.63, 3.8) is 0 Å². The Morgan fingerprint density at radius 3 is 2.57 bits per heavy atom. The average Bonchev–Trinajstić information content (AvgIpc) is 3.30. The summed E-state index contributed by atoms with van der Waals surface area (Å²) in [5, 5.41) is 5.90. The number of fused-ring (bicyclic) bond motifs is 1. The Morgan fingerprint density at radius 2 is 1.89 bits per heavy atom. The van der Waals surface area contributed by atoms with Crippen LogP contribution in [0.4, 0.5) is 24.5 Å². The third-order valence-electron chi connectivity index (χ3n) is 5.49. The maximum atomic E-state index is 14.1. The van der Waals surface area contributed by atoms with Gasteiger partial charge in [0, 0.05) is 24.9 Å². The average molecular weight is 512 g/mol. The molecule has 1 atom stereocenters. The van der Waals surface area contributed by atoms with Crippen LogP contribution in [0.1, 0.15) is 28.4 Å². The fourth-order valence-electron chi connectivity index (χ4n) is 3.92. The Hall–Kier alpha value is -4.38. The fourth-order valence-corrected chi connectivity index (χ4v) is 3.92. The zero-order chi connectivity index (χ0) is 26.6. The van der Waals surface area contributed by atoms with Gasteiger partial charge in [-0.1, -0.05) is 18.2 Å². The number of methoxy groups -OCH3 is 1. The van der Waals surface area contributed by atoms with Gasteiger partial charge in [0.25, 0.3) is 0 Å². The standard InChI is InChI=1S/C26H23F3N4O4/c1-15(13-36-2)33-23-21(32-14-34)12-31-25-22(23)19(11-30-25)24(35)18-9-8-17(10-20(18)26(27,28)29)37-16-6-4-3-5-7-16/h3-12,14-15H,13H2,1-2H3,(H,32,34)(H2,30,31,33). The van der Waals surface area contributed by atoms with Gasteiger partial charge in [-0.2, -0.15) is 13.2 Å². The number of H-pyrrole nitrogens is 1. The first kappa shape index (κ1) is 25.7. The number of aromatic amines is 1. The molecule has 1 unspecified atom stereocenters. The molecule has 37 heavy (non-hydrogen) atoms. The molecule has 0 aliphatic heterocycles. The number of nitrogens with one attached hydrogen (secondary N) is 3. The summed E-state index contributed by atoms with van der Waals surface area (Å²) in [5.74, 6) is -0.588. The minimum Gasteiger partial charge on any atom is -0.457 e. The number of nitrogens with zero attached hydrogens (tertiary/aromatic N) is 1. The van der Waals surface area contributed by atoms with Crippen LogP contribution in [0.5, 0.6) is 11.5 Å². The smallest absolute Gasteiger partial charge is 0.417 e. The summed E-state index contributed by atoms with van der Waals surface area (Å²) in [7, 11) is 1.51. The van der Waals surface area contributed by atoms with Gasteiger partial charge in [-0.3, -0.25) is 9.59 Å². The van der Waals surface area contributed by atoms with Crippen molar-refractivity contribution in [3.05, 3.63) is 77.6 Å². The predicted molar refractivity (Wildman–Crippen MR) is 132 cm³/mol. The number of aromatic nitrogens is 2. The molecule has 3 N–H and O–H groups in total. The van der Waals surface area contributed by atoms with E-state index in [1.165, 1.54) is 25.6 Å². The highest BCUT2D eigenvalue weighted by Crippen LogP contribution is 2.39. The van der Waals surface area contributed by atoms with Crippen LogP contribution in [0.3, 0.4) is 0 Å². The van der Waals surface area contributed by atoms with E-state index in [1.54, 1.807) is 30.3 Å². The van der Waals surface area contributed by atoms with Gasteiger partial charge < -0.3 is 25.1 Å². The van der Waals surface area contributed by atoms with E-state index in [-0.39, 0.29) is 34.1 Å². The lowest BCUT2D eigenvalue weighted by Crippen LogP contribution is -2.22. The highest BCUT2D eigenvalue weighted by molar-refractivity contribution is 6.20. The molecule has 0 radical (unpaired) electrons. The Bertz CT molecular complexity index is 1420. The zero-order valence-corrected chi connectivity index (χ0v) is 19.8. The minimum absolute atomic E-state index is 0.0496. The maximum Gasteiger partial charge on any atom is 0.417 e. The lowest BCUT2D eigenvalue weighted by atomic mass is 9.97. The largest absolute Gasteiger partial charge is 0.457 e. The third-order valence-corrected chi connectivity index (χ3v) is 5.49. The number of ether oxygens (including phenoxy) is 2. The van der Waals surface area contributed by atoms with E-state index < -0.39 is 23.1 Å². The summed E-state index contributed by atoms with van der Waals surface area (Å²) >= 11 is 0. The molecular weight excluding hydrogens is 489 g/mol. The number of carbonyl (C=O) groups excluding carboxylic acids is 2. The Balaban J connectivity index is 1.82. The molecule has 0 aliphatic rings. The molecule has 2 aromatic heterocycles. The number of para-hydroxylation sites is 1. The number of rotatable bonds is 10. The highest BCUT2D eigenvalue weighted by atomic mass is 19.4. The topological polar surface area (TPSA) is 105 Å². The van der Waals surface area contributed by atoms with Crippen molar-refractivity contribution in [1.29, 1.82) is 0 Å². The quantitative estimate of drug-likeness (QED) is 0.188. The molecule has 4 rings (SSSR count). The van der Waals surface area contributed by atoms with Gasteiger partial charge >= 0.3 is 6.18 Å². The molecule has 2 aromatic carbocycles. The molecule has 0 fully saturated rings. The number of carbonyl (C=O) groups is 2. The molecule has 0 saturated heterocycles. The van der Waals surface area contributed by atoms with Crippen molar-refractivity contribution in [2.45, 2.75) is 19.1 Å². The Morgan fingerprint density at radius 1 is 1.14 bits per heavy atom.